The zero-order valence-electron chi connectivity index (χ0n) is 25.4. The summed E-state index contributed by atoms with van der Waals surface area (Å²) < 4.78 is 19.0. The van der Waals surface area contributed by atoms with Crippen LogP contribution in [-0.4, -0.2) is 52.2 Å². The Bertz CT molecular complexity index is 1600. The van der Waals surface area contributed by atoms with Crippen LogP contribution in [0.5, 0.6) is 17.2 Å². The van der Waals surface area contributed by atoms with Gasteiger partial charge < -0.3 is 24.8 Å². The molecule has 2 amide bonds. The Kier molecular flexibility index (Phi) is 11.5. The standard InChI is InChI=1S/C32H36ClN5O5S/c1-6-41-26-15-22(16-27(42-7-2)30(26)43-8-3)31(40)34-18-28-36-37-32(38(28)24-11-9-10-23(33)17-24)44-19-29(39)35-25-14-20(4)12-13-21(25)5/h9-17H,6-8,18-19H2,1-5H3,(H,34,40)(H,35,39). The van der Waals surface area contributed by atoms with Crippen LogP contribution in [0.15, 0.2) is 59.8 Å². The summed E-state index contributed by atoms with van der Waals surface area (Å²) in [6, 6.07) is 16.4. The summed E-state index contributed by atoms with van der Waals surface area (Å²) in [5.74, 6) is 1.32. The Labute approximate surface area is 266 Å². The number of benzene rings is 3. The summed E-state index contributed by atoms with van der Waals surface area (Å²) >= 11 is 7.54. The Morgan fingerprint density at radius 3 is 2.27 bits per heavy atom. The van der Waals surface area contributed by atoms with E-state index in [0.29, 0.717) is 64.3 Å². The number of anilines is 1. The van der Waals surface area contributed by atoms with E-state index in [-0.39, 0.29) is 24.1 Å². The van der Waals surface area contributed by atoms with Gasteiger partial charge in [-0.25, -0.2) is 0 Å². The molecule has 0 unspecified atom stereocenters. The fourth-order valence-electron chi connectivity index (χ4n) is 4.35. The first kappa shape index (κ1) is 32.7. The third-order valence-electron chi connectivity index (χ3n) is 6.34. The van der Waals surface area contributed by atoms with Gasteiger partial charge >= 0.3 is 0 Å². The normalized spacial score (nSPS) is 10.8. The molecule has 4 rings (SSSR count). The Morgan fingerprint density at radius 2 is 1.61 bits per heavy atom. The van der Waals surface area contributed by atoms with Gasteiger partial charge in [-0.3, -0.25) is 14.2 Å². The van der Waals surface area contributed by atoms with Crippen LogP contribution in [0.2, 0.25) is 5.02 Å². The lowest BCUT2D eigenvalue weighted by atomic mass is 10.1. The van der Waals surface area contributed by atoms with Gasteiger partial charge in [0.1, 0.15) is 0 Å². The predicted octanol–water partition coefficient (Wildman–Crippen LogP) is 6.39. The van der Waals surface area contributed by atoms with Crippen LogP contribution in [0.4, 0.5) is 5.69 Å². The van der Waals surface area contributed by atoms with Crippen LogP contribution in [0.25, 0.3) is 5.69 Å². The van der Waals surface area contributed by atoms with Crippen LogP contribution in [0.1, 0.15) is 48.1 Å². The van der Waals surface area contributed by atoms with E-state index in [1.807, 2.05) is 65.0 Å². The number of aryl methyl sites for hydroxylation is 2. The minimum Gasteiger partial charge on any atom is -0.490 e. The van der Waals surface area contributed by atoms with Gasteiger partial charge in [-0.2, -0.15) is 0 Å². The van der Waals surface area contributed by atoms with Crippen molar-refractivity contribution >= 4 is 40.9 Å². The fraction of sp³-hybridized carbons (Fsp3) is 0.312. The molecule has 0 saturated heterocycles. The van der Waals surface area contributed by atoms with Crippen molar-refractivity contribution in [2.24, 2.45) is 0 Å². The van der Waals surface area contributed by atoms with Gasteiger partial charge in [0.25, 0.3) is 5.91 Å². The topological polar surface area (TPSA) is 117 Å². The van der Waals surface area contributed by atoms with Crippen LogP contribution in [-0.2, 0) is 11.3 Å². The Balaban J connectivity index is 1.55. The molecule has 0 aliphatic carbocycles. The molecular formula is C32H36ClN5O5S. The molecule has 232 valence electrons. The van der Waals surface area contributed by atoms with Gasteiger partial charge in [-0.05, 0) is 82.1 Å². The second-order valence-electron chi connectivity index (χ2n) is 9.65. The highest BCUT2D eigenvalue weighted by Crippen LogP contribution is 2.39. The predicted molar refractivity (Wildman–Crippen MR) is 173 cm³/mol. The van der Waals surface area contributed by atoms with Gasteiger partial charge in [0.15, 0.2) is 22.5 Å². The monoisotopic (exact) mass is 637 g/mol. The first-order chi connectivity index (χ1) is 21.2. The SMILES string of the molecule is CCOc1cc(C(=O)NCc2nnc(SCC(=O)Nc3cc(C)ccc3C)n2-c2cccc(Cl)c2)cc(OCC)c1OCC. The second-order valence-corrected chi connectivity index (χ2v) is 11.0. The summed E-state index contributed by atoms with van der Waals surface area (Å²) in [5.41, 5.74) is 3.83. The molecule has 2 N–H and O–H groups in total. The molecule has 0 spiro atoms. The molecule has 0 saturated carbocycles. The molecule has 44 heavy (non-hydrogen) atoms. The summed E-state index contributed by atoms with van der Waals surface area (Å²) in [4.78, 5) is 26.2. The van der Waals surface area contributed by atoms with Crippen molar-refractivity contribution in [3.63, 3.8) is 0 Å². The first-order valence-electron chi connectivity index (χ1n) is 14.3. The highest BCUT2D eigenvalue weighted by Gasteiger charge is 2.21. The van der Waals surface area contributed by atoms with Crippen molar-refractivity contribution in [3.05, 3.63) is 82.1 Å². The summed E-state index contributed by atoms with van der Waals surface area (Å²) in [6.45, 7) is 10.7. The van der Waals surface area contributed by atoms with Crippen molar-refractivity contribution in [2.75, 3.05) is 30.9 Å². The van der Waals surface area contributed by atoms with Crippen LogP contribution in [0, 0.1) is 13.8 Å². The minimum absolute atomic E-state index is 0.0503. The van der Waals surface area contributed by atoms with Gasteiger partial charge in [0.2, 0.25) is 11.7 Å². The Morgan fingerprint density at radius 1 is 0.909 bits per heavy atom. The largest absolute Gasteiger partial charge is 0.490 e. The Hall–Kier alpha value is -4.22. The maximum atomic E-state index is 13.3. The molecule has 10 nitrogen and oxygen atoms in total. The molecule has 0 fully saturated rings. The number of carbonyl (C=O) groups is 2. The number of aromatic nitrogens is 3. The lowest BCUT2D eigenvalue weighted by molar-refractivity contribution is -0.113. The highest BCUT2D eigenvalue weighted by atomic mass is 35.5. The lowest BCUT2D eigenvalue weighted by Crippen LogP contribution is -2.25. The van der Waals surface area contributed by atoms with Crippen molar-refractivity contribution in [2.45, 2.75) is 46.3 Å². The van der Waals surface area contributed by atoms with E-state index in [4.69, 9.17) is 25.8 Å². The second kappa shape index (κ2) is 15.5. The van der Waals surface area contributed by atoms with Crippen molar-refractivity contribution in [3.8, 4) is 22.9 Å². The fourth-order valence-corrected chi connectivity index (χ4v) is 5.31. The molecule has 3 aromatic carbocycles. The van der Waals surface area contributed by atoms with E-state index in [1.54, 1.807) is 28.8 Å². The van der Waals surface area contributed by atoms with Crippen LogP contribution >= 0.6 is 23.4 Å². The van der Waals surface area contributed by atoms with E-state index in [9.17, 15) is 9.59 Å². The van der Waals surface area contributed by atoms with E-state index in [1.165, 1.54) is 11.8 Å². The number of thioether (sulfide) groups is 1. The number of nitrogens with zero attached hydrogens (tertiary/aromatic N) is 3. The summed E-state index contributed by atoms with van der Waals surface area (Å²) in [6.07, 6.45) is 0. The number of hydrogen-bond donors (Lipinski definition) is 2. The molecular weight excluding hydrogens is 602 g/mol. The quantitative estimate of drug-likeness (QED) is 0.153. The van der Waals surface area contributed by atoms with Gasteiger partial charge in [-0.15, -0.1) is 10.2 Å². The van der Waals surface area contributed by atoms with E-state index in [0.717, 1.165) is 16.8 Å². The maximum absolute atomic E-state index is 13.3. The molecule has 1 aromatic heterocycles. The van der Waals surface area contributed by atoms with Crippen LogP contribution < -0.4 is 24.8 Å². The average Bonchev–Trinajstić information content (AvgIpc) is 3.41. The van der Waals surface area contributed by atoms with Crippen molar-refractivity contribution in [1.29, 1.82) is 0 Å². The summed E-state index contributed by atoms with van der Waals surface area (Å²) in [5, 5.41) is 15.6. The van der Waals surface area contributed by atoms with Crippen molar-refractivity contribution in [1.82, 2.24) is 20.1 Å². The average molecular weight is 638 g/mol. The molecule has 0 aliphatic heterocycles. The molecule has 4 aromatic rings. The number of rotatable bonds is 14. The van der Waals surface area contributed by atoms with E-state index in [2.05, 4.69) is 20.8 Å². The number of hydrogen-bond acceptors (Lipinski definition) is 8. The smallest absolute Gasteiger partial charge is 0.251 e. The maximum Gasteiger partial charge on any atom is 0.251 e. The molecule has 0 aliphatic rings. The molecule has 0 atom stereocenters. The number of carbonyl (C=O) groups excluding carboxylic acids is 2. The zero-order valence-corrected chi connectivity index (χ0v) is 27.0. The minimum atomic E-state index is -0.363. The molecule has 1 heterocycles. The highest BCUT2D eigenvalue weighted by molar-refractivity contribution is 7.99. The van der Waals surface area contributed by atoms with Gasteiger partial charge in [-0.1, -0.05) is 41.6 Å². The van der Waals surface area contributed by atoms with Gasteiger partial charge in [0.05, 0.1) is 37.8 Å². The molecule has 0 bridgehead atoms. The summed E-state index contributed by atoms with van der Waals surface area (Å²) in [7, 11) is 0. The lowest BCUT2D eigenvalue weighted by Gasteiger charge is -2.17. The van der Waals surface area contributed by atoms with Gasteiger partial charge in [0, 0.05) is 16.3 Å². The zero-order chi connectivity index (χ0) is 31.6. The van der Waals surface area contributed by atoms with E-state index >= 15 is 0 Å². The van der Waals surface area contributed by atoms with Crippen molar-refractivity contribution < 1.29 is 23.8 Å². The van der Waals surface area contributed by atoms with Crippen LogP contribution in [0.3, 0.4) is 0 Å². The number of nitrogens with one attached hydrogen (secondary N) is 2. The first-order valence-corrected chi connectivity index (χ1v) is 15.6. The third-order valence-corrected chi connectivity index (χ3v) is 7.51. The third kappa shape index (κ3) is 8.23. The molecule has 0 radical (unpaired) electrons. The van der Waals surface area contributed by atoms with E-state index < -0.39 is 0 Å². The number of amides is 2. The number of ether oxygens (including phenoxy) is 3. The number of halogens is 1. The molecule has 12 heteroatoms.